The molecule has 25 heavy (non-hydrogen) atoms. The molecule has 0 aliphatic carbocycles. The number of hydrogen-bond donors (Lipinski definition) is 1. The molecule has 0 saturated heterocycles. The van der Waals surface area contributed by atoms with Gasteiger partial charge in [-0.2, -0.15) is 4.31 Å². The van der Waals surface area contributed by atoms with E-state index < -0.39 is 10.0 Å². The highest BCUT2D eigenvalue weighted by molar-refractivity contribution is 7.88. The van der Waals surface area contributed by atoms with Crippen molar-refractivity contribution < 1.29 is 13.2 Å². The highest BCUT2D eigenvalue weighted by atomic mass is 35.5. The van der Waals surface area contributed by atoms with E-state index in [4.69, 9.17) is 11.6 Å². The largest absolute Gasteiger partial charge is 0.351 e. The van der Waals surface area contributed by atoms with E-state index >= 15 is 0 Å². The second-order valence-corrected chi connectivity index (χ2v) is 8.27. The highest BCUT2D eigenvalue weighted by Gasteiger charge is 2.17. The smallest absolute Gasteiger partial charge is 0.251 e. The average Bonchev–Trinajstić information content (AvgIpc) is 2.54. The van der Waals surface area contributed by atoms with Gasteiger partial charge in [-0.1, -0.05) is 41.4 Å². The van der Waals surface area contributed by atoms with Crippen LogP contribution in [0.25, 0.3) is 0 Å². The molecule has 0 heterocycles. The van der Waals surface area contributed by atoms with Crippen LogP contribution in [-0.2, 0) is 16.6 Å². The molecule has 1 amide bonds. The van der Waals surface area contributed by atoms with Crippen molar-refractivity contribution in [1.82, 2.24) is 9.62 Å². The molecule has 2 rings (SSSR count). The van der Waals surface area contributed by atoms with E-state index in [2.05, 4.69) is 5.32 Å². The number of benzene rings is 2. The van der Waals surface area contributed by atoms with Gasteiger partial charge in [0.15, 0.2) is 0 Å². The zero-order valence-corrected chi connectivity index (χ0v) is 15.8. The minimum absolute atomic E-state index is 0.193. The van der Waals surface area contributed by atoms with Gasteiger partial charge in [-0.25, -0.2) is 8.42 Å². The van der Waals surface area contributed by atoms with E-state index in [0.29, 0.717) is 10.6 Å². The third-order valence-electron chi connectivity index (χ3n) is 3.67. The number of nitrogens with one attached hydrogen (secondary N) is 1. The van der Waals surface area contributed by atoms with Crippen molar-refractivity contribution in [3.8, 4) is 0 Å². The van der Waals surface area contributed by atoms with Crippen molar-refractivity contribution in [2.24, 2.45) is 0 Å². The highest BCUT2D eigenvalue weighted by Crippen LogP contribution is 2.13. The first-order valence-corrected chi connectivity index (χ1v) is 10.0. The lowest BCUT2D eigenvalue weighted by atomic mass is 10.1. The fraction of sp³-hybridized carbons (Fsp3) is 0.278. The molecule has 0 unspecified atom stereocenters. The van der Waals surface area contributed by atoms with Gasteiger partial charge in [-0.3, -0.25) is 4.79 Å². The summed E-state index contributed by atoms with van der Waals surface area (Å²) in [5.41, 5.74) is 2.39. The number of halogens is 1. The SMILES string of the molecule is Cc1cccc(C(=O)NCCN(Cc2ccc(Cl)cc2)S(C)(=O)=O)c1. The fourth-order valence-electron chi connectivity index (χ4n) is 2.34. The van der Waals surface area contributed by atoms with Crippen molar-refractivity contribution in [3.05, 3.63) is 70.2 Å². The minimum atomic E-state index is -3.39. The number of hydrogen-bond acceptors (Lipinski definition) is 3. The van der Waals surface area contributed by atoms with Crippen molar-refractivity contribution in [2.75, 3.05) is 19.3 Å². The van der Waals surface area contributed by atoms with Gasteiger partial charge >= 0.3 is 0 Å². The Morgan fingerprint density at radius 3 is 2.44 bits per heavy atom. The Hall–Kier alpha value is -1.89. The van der Waals surface area contributed by atoms with E-state index in [0.717, 1.165) is 17.4 Å². The van der Waals surface area contributed by atoms with Crippen LogP contribution in [0.4, 0.5) is 0 Å². The van der Waals surface area contributed by atoms with Crippen LogP contribution in [0, 0.1) is 6.92 Å². The van der Waals surface area contributed by atoms with Gasteiger partial charge in [0.25, 0.3) is 5.91 Å². The Balaban J connectivity index is 1.96. The monoisotopic (exact) mass is 380 g/mol. The summed E-state index contributed by atoms with van der Waals surface area (Å²) < 4.78 is 25.3. The van der Waals surface area contributed by atoms with Gasteiger partial charge in [0.05, 0.1) is 6.26 Å². The fourth-order valence-corrected chi connectivity index (χ4v) is 3.27. The van der Waals surface area contributed by atoms with Crippen LogP contribution in [-0.4, -0.2) is 38.0 Å². The molecule has 0 spiro atoms. The molecule has 0 atom stereocenters. The van der Waals surface area contributed by atoms with Gasteiger partial charge in [0.2, 0.25) is 10.0 Å². The molecule has 1 N–H and O–H groups in total. The molecule has 7 heteroatoms. The lowest BCUT2D eigenvalue weighted by molar-refractivity contribution is 0.0951. The molecule has 5 nitrogen and oxygen atoms in total. The maximum atomic E-state index is 12.1. The molecule has 0 bridgehead atoms. The van der Waals surface area contributed by atoms with Crippen LogP contribution in [0.3, 0.4) is 0 Å². The van der Waals surface area contributed by atoms with Gasteiger partial charge in [0, 0.05) is 30.2 Å². The molecular weight excluding hydrogens is 360 g/mol. The van der Waals surface area contributed by atoms with Crippen LogP contribution in [0.15, 0.2) is 48.5 Å². The third-order valence-corrected chi connectivity index (χ3v) is 5.17. The summed E-state index contributed by atoms with van der Waals surface area (Å²) in [7, 11) is -3.39. The van der Waals surface area contributed by atoms with Crippen LogP contribution in [0.5, 0.6) is 0 Å². The molecule has 134 valence electrons. The molecule has 2 aromatic carbocycles. The van der Waals surface area contributed by atoms with Crippen LogP contribution in [0.1, 0.15) is 21.5 Å². The predicted molar refractivity (Wildman–Crippen MR) is 100 cm³/mol. The van der Waals surface area contributed by atoms with Crippen molar-refractivity contribution in [3.63, 3.8) is 0 Å². The Kier molecular flexibility index (Phi) is 6.58. The maximum Gasteiger partial charge on any atom is 0.251 e. The van der Waals surface area contributed by atoms with E-state index in [-0.39, 0.29) is 25.5 Å². The van der Waals surface area contributed by atoms with Crippen LogP contribution >= 0.6 is 11.6 Å². The molecule has 0 saturated carbocycles. The Labute approximate surface area is 153 Å². The molecule has 0 aliphatic heterocycles. The summed E-state index contributed by atoms with van der Waals surface area (Å²) in [6.45, 7) is 2.57. The lowest BCUT2D eigenvalue weighted by Crippen LogP contribution is -2.37. The normalized spacial score (nSPS) is 11.5. The quantitative estimate of drug-likeness (QED) is 0.803. The maximum absolute atomic E-state index is 12.1. The number of carbonyl (C=O) groups excluding carboxylic acids is 1. The van der Waals surface area contributed by atoms with Crippen molar-refractivity contribution in [2.45, 2.75) is 13.5 Å². The van der Waals surface area contributed by atoms with E-state index in [9.17, 15) is 13.2 Å². The number of carbonyl (C=O) groups is 1. The summed E-state index contributed by atoms with van der Waals surface area (Å²) in [4.78, 5) is 12.1. The Bertz CT molecular complexity index is 836. The first kappa shape index (κ1) is 19.4. The second kappa shape index (κ2) is 8.47. The predicted octanol–water partition coefficient (Wildman–Crippen LogP) is 2.84. The molecule has 2 aromatic rings. The van der Waals surface area contributed by atoms with E-state index in [1.165, 1.54) is 4.31 Å². The summed E-state index contributed by atoms with van der Waals surface area (Å²) >= 11 is 5.85. The Morgan fingerprint density at radius 1 is 1.16 bits per heavy atom. The second-order valence-electron chi connectivity index (χ2n) is 5.85. The van der Waals surface area contributed by atoms with Gasteiger partial charge < -0.3 is 5.32 Å². The van der Waals surface area contributed by atoms with Gasteiger partial charge in [-0.05, 0) is 36.8 Å². The van der Waals surface area contributed by atoms with Crippen LogP contribution in [0.2, 0.25) is 5.02 Å². The van der Waals surface area contributed by atoms with Crippen LogP contribution < -0.4 is 5.32 Å². The lowest BCUT2D eigenvalue weighted by Gasteiger charge is -2.20. The standard InChI is InChI=1S/C18H21ClN2O3S/c1-14-4-3-5-16(12-14)18(22)20-10-11-21(25(2,23)24)13-15-6-8-17(19)9-7-15/h3-9,12H,10-11,13H2,1-2H3,(H,20,22). The summed E-state index contributed by atoms with van der Waals surface area (Å²) in [5.74, 6) is -0.219. The minimum Gasteiger partial charge on any atom is -0.351 e. The number of nitrogens with zero attached hydrogens (tertiary/aromatic N) is 1. The number of aryl methyl sites for hydroxylation is 1. The first-order valence-electron chi connectivity index (χ1n) is 7.80. The third kappa shape index (κ3) is 6.16. The topological polar surface area (TPSA) is 66.5 Å². The molecular formula is C18H21ClN2O3S. The summed E-state index contributed by atoms with van der Waals surface area (Å²) in [5, 5.41) is 3.35. The van der Waals surface area contributed by atoms with Gasteiger partial charge in [0.1, 0.15) is 0 Å². The molecule has 0 aromatic heterocycles. The Morgan fingerprint density at radius 2 is 1.84 bits per heavy atom. The van der Waals surface area contributed by atoms with E-state index in [1.807, 2.05) is 19.1 Å². The number of rotatable bonds is 7. The number of sulfonamides is 1. The number of amides is 1. The first-order chi connectivity index (χ1) is 11.8. The average molecular weight is 381 g/mol. The molecule has 0 radical (unpaired) electrons. The zero-order chi connectivity index (χ0) is 18.4. The van der Waals surface area contributed by atoms with Crippen molar-refractivity contribution in [1.29, 1.82) is 0 Å². The summed E-state index contributed by atoms with van der Waals surface area (Å²) in [6, 6.07) is 14.2. The van der Waals surface area contributed by atoms with Gasteiger partial charge in [-0.15, -0.1) is 0 Å². The van der Waals surface area contributed by atoms with E-state index in [1.54, 1.807) is 36.4 Å². The molecule has 0 fully saturated rings. The zero-order valence-electron chi connectivity index (χ0n) is 14.2. The summed E-state index contributed by atoms with van der Waals surface area (Å²) in [6.07, 6.45) is 1.16. The van der Waals surface area contributed by atoms with Crippen molar-refractivity contribution >= 4 is 27.5 Å². The molecule has 0 aliphatic rings.